The fourth-order valence-electron chi connectivity index (χ4n) is 2.32. The van der Waals surface area contributed by atoms with Crippen LogP contribution in [0.25, 0.3) is 11.0 Å². The largest absolute Gasteiger partial charge is 0.326 e. The lowest BCUT2D eigenvalue weighted by Gasteiger charge is -2.11. The summed E-state index contributed by atoms with van der Waals surface area (Å²) in [6, 6.07) is 6.84. The molecule has 1 aromatic heterocycles. The first-order valence-corrected chi connectivity index (χ1v) is 6.41. The third-order valence-corrected chi connectivity index (χ3v) is 3.58. The lowest BCUT2D eigenvalue weighted by molar-refractivity contribution is 0.517. The van der Waals surface area contributed by atoms with Crippen molar-refractivity contribution in [1.82, 2.24) is 14.9 Å². The molecule has 0 bridgehead atoms. The number of halogens is 1. The molecule has 0 aliphatic carbocycles. The molecule has 2 heterocycles. The van der Waals surface area contributed by atoms with Gasteiger partial charge in [0, 0.05) is 30.0 Å². The van der Waals surface area contributed by atoms with Crippen LogP contribution in [0.2, 0.25) is 0 Å². The van der Waals surface area contributed by atoms with Gasteiger partial charge in [-0.15, -0.1) is 0 Å². The molecule has 1 aliphatic rings. The fraction of sp³-hybridized carbons (Fsp3) is 0.417. The molecule has 1 aromatic carbocycles. The molecule has 4 heteroatoms. The molecule has 1 N–H and O–H groups in total. The van der Waals surface area contributed by atoms with E-state index in [0.29, 0.717) is 6.04 Å². The standard InChI is InChI=1S/C12H14BrN3/c1-8-7-16-11-3-2-9(13)6-10(11)15-12(16)4-5-14-8/h2-3,6,8,14H,4-5,7H2,1H3/t8-/m1/s1. The predicted molar refractivity (Wildman–Crippen MR) is 68.6 cm³/mol. The molecule has 3 nitrogen and oxygen atoms in total. The van der Waals surface area contributed by atoms with E-state index < -0.39 is 0 Å². The van der Waals surface area contributed by atoms with Gasteiger partial charge in [0.15, 0.2) is 0 Å². The second-order valence-corrected chi connectivity index (χ2v) is 5.29. The lowest BCUT2D eigenvalue weighted by Crippen LogP contribution is -2.28. The van der Waals surface area contributed by atoms with E-state index in [4.69, 9.17) is 4.98 Å². The van der Waals surface area contributed by atoms with Crippen molar-refractivity contribution in [2.75, 3.05) is 6.54 Å². The van der Waals surface area contributed by atoms with E-state index in [0.717, 1.165) is 29.5 Å². The monoisotopic (exact) mass is 279 g/mol. The van der Waals surface area contributed by atoms with Crippen molar-refractivity contribution < 1.29 is 0 Å². The van der Waals surface area contributed by atoms with Crippen LogP contribution in [-0.4, -0.2) is 22.1 Å². The maximum Gasteiger partial charge on any atom is 0.111 e. The Bertz CT molecular complexity index is 532. The Labute approximate surface area is 103 Å². The van der Waals surface area contributed by atoms with Crippen LogP contribution in [0.15, 0.2) is 22.7 Å². The highest BCUT2D eigenvalue weighted by Crippen LogP contribution is 2.22. The van der Waals surface area contributed by atoms with Crippen LogP contribution in [-0.2, 0) is 13.0 Å². The van der Waals surface area contributed by atoms with E-state index in [1.807, 2.05) is 0 Å². The van der Waals surface area contributed by atoms with Crippen molar-refractivity contribution in [3.63, 3.8) is 0 Å². The van der Waals surface area contributed by atoms with E-state index in [-0.39, 0.29) is 0 Å². The van der Waals surface area contributed by atoms with Crippen molar-refractivity contribution in [1.29, 1.82) is 0 Å². The molecule has 16 heavy (non-hydrogen) atoms. The Morgan fingerprint density at radius 3 is 3.25 bits per heavy atom. The van der Waals surface area contributed by atoms with E-state index in [2.05, 4.69) is 50.9 Å². The second kappa shape index (κ2) is 3.86. The summed E-state index contributed by atoms with van der Waals surface area (Å²) in [7, 11) is 0. The molecule has 0 fully saturated rings. The normalized spacial score (nSPS) is 20.8. The van der Waals surface area contributed by atoms with Crippen molar-refractivity contribution in [3.8, 4) is 0 Å². The zero-order valence-corrected chi connectivity index (χ0v) is 10.8. The Morgan fingerprint density at radius 2 is 2.38 bits per heavy atom. The minimum atomic E-state index is 0.516. The Morgan fingerprint density at radius 1 is 1.50 bits per heavy atom. The fourth-order valence-corrected chi connectivity index (χ4v) is 2.67. The van der Waals surface area contributed by atoms with Crippen LogP contribution in [0.1, 0.15) is 12.7 Å². The summed E-state index contributed by atoms with van der Waals surface area (Å²) >= 11 is 3.49. The number of hydrogen-bond donors (Lipinski definition) is 1. The van der Waals surface area contributed by atoms with Crippen molar-refractivity contribution in [2.45, 2.75) is 25.9 Å². The summed E-state index contributed by atoms with van der Waals surface area (Å²) < 4.78 is 3.44. The van der Waals surface area contributed by atoms with E-state index in [1.54, 1.807) is 0 Å². The third kappa shape index (κ3) is 1.66. The highest BCUT2D eigenvalue weighted by atomic mass is 79.9. The van der Waals surface area contributed by atoms with Crippen molar-refractivity contribution in [3.05, 3.63) is 28.5 Å². The van der Waals surface area contributed by atoms with Crippen LogP contribution in [0.4, 0.5) is 0 Å². The smallest absolute Gasteiger partial charge is 0.111 e. The average molecular weight is 280 g/mol. The number of rotatable bonds is 0. The molecule has 0 spiro atoms. The van der Waals surface area contributed by atoms with Crippen LogP contribution < -0.4 is 5.32 Å². The first-order chi connectivity index (χ1) is 7.74. The Balaban J connectivity index is 2.19. The maximum absolute atomic E-state index is 4.70. The number of nitrogens with zero attached hydrogens (tertiary/aromatic N) is 2. The summed E-state index contributed by atoms with van der Waals surface area (Å²) in [6.45, 7) is 4.25. The van der Waals surface area contributed by atoms with Gasteiger partial charge in [-0.1, -0.05) is 15.9 Å². The van der Waals surface area contributed by atoms with Gasteiger partial charge in [-0.25, -0.2) is 4.98 Å². The zero-order valence-electron chi connectivity index (χ0n) is 9.20. The van der Waals surface area contributed by atoms with Gasteiger partial charge in [-0.2, -0.15) is 0 Å². The number of imidazole rings is 1. The zero-order chi connectivity index (χ0) is 11.1. The molecule has 0 saturated carbocycles. The minimum Gasteiger partial charge on any atom is -0.326 e. The topological polar surface area (TPSA) is 29.9 Å². The van der Waals surface area contributed by atoms with Gasteiger partial charge in [-0.05, 0) is 25.1 Å². The van der Waals surface area contributed by atoms with Gasteiger partial charge in [0.2, 0.25) is 0 Å². The van der Waals surface area contributed by atoms with Gasteiger partial charge in [0.05, 0.1) is 11.0 Å². The predicted octanol–water partition coefficient (Wildman–Crippen LogP) is 2.33. The molecule has 2 aromatic rings. The highest BCUT2D eigenvalue weighted by molar-refractivity contribution is 9.10. The van der Waals surface area contributed by atoms with Gasteiger partial charge < -0.3 is 9.88 Å². The van der Waals surface area contributed by atoms with Gasteiger partial charge in [-0.3, -0.25) is 0 Å². The maximum atomic E-state index is 4.70. The number of benzene rings is 1. The Hall–Kier alpha value is -0.870. The first kappa shape index (κ1) is 10.3. The third-order valence-electron chi connectivity index (χ3n) is 3.09. The molecule has 3 rings (SSSR count). The molecule has 0 saturated heterocycles. The van der Waals surface area contributed by atoms with Crippen molar-refractivity contribution >= 4 is 27.0 Å². The molecule has 0 amide bonds. The summed E-state index contributed by atoms with van der Waals surface area (Å²) in [6.07, 6.45) is 1.01. The molecular formula is C12H14BrN3. The van der Waals surface area contributed by atoms with E-state index in [1.165, 1.54) is 11.3 Å². The Kier molecular flexibility index (Phi) is 2.48. The van der Waals surface area contributed by atoms with Gasteiger partial charge in [0.25, 0.3) is 0 Å². The highest BCUT2D eigenvalue weighted by Gasteiger charge is 2.16. The van der Waals surface area contributed by atoms with E-state index in [9.17, 15) is 0 Å². The molecule has 1 aliphatic heterocycles. The number of nitrogens with one attached hydrogen (secondary N) is 1. The van der Waals surface area contributed by atoms with Crippen molar-refractivity contribution in [2.24, 2.45) is 0 Å². The van der Waals surface area contributed by atoms with Gasteiger partial charge in [0.1, 0.15) is 5.82 Å². The van der Waals surface area contributed by atoms with Crippen LogP contribution in [0.5, 0.6) is 0 Å². The molecular weight excluding hydrogens is 266 g/mol. The van der Waals surface area contributed by atoms with E-state index >= 15 is 0 Å². The molecule has 1 atom stereocenters. The summed E-state index contributed by atoms with van der Waals surface area (Å²) in [5.41, 5.74) is 2.34. The summed E-state index contributed by atoms with van der Waals surface area (Å²) in [4.78, 5) is 4.70. The number of fused-ring (bicyclic) bond motifs is 3. The molecule has 0 radical (unpaired) electrons. The first-order valence-electron chi connectivity index (χ1n) is 5.62. The number of hydrogen-bond acceptors (Lipinski definition) is 2. The van der Waals surface area contributed by atoms with Crippen LogP contribution in [0, 0.1) is 0 Å². The van der Waals surface area contributed by atoms with Gasteiger partial charge >= 0.3 is 0 Å². The van der Waals surface area contributed by atoms with Crippen LogP contribution >= 0.6 is 15.9 Å². The second-order valence-electron chi connectivity index (χ2n) is 4.38. The summed E-state index contributed by atoms with van der Waals surface area (Å²) in [5.74, 6) is 1.20. The average Bonchev–Trinajstić information content (AvgIpc) is 2.45. The van der Waals surface area contributed by atoms with Crippen LogP contribution in [0.3, 0.4) is 0 Å². The molecule has 84 valence electrons. The minimum absolute atomic E-state index is 0.516. The summed E-state index contributed by atoms with van der Waals surface area (Å²) in [5, 5.41) is 3.48. The number of aromatic nitrogens is 2. The lowest BCUT2D eigenvalue weighted by atomic mass is 10.3. The molecule has 0 unspecified atom stereocenters. The quantitative estimate of drug-likeness (QED) is 0.802. The SMILES string of the molecule is C[C@@H]1Cn2c(nc3cc(Br)ccc32)CCN1.